The van der Waals surface area contributed by atoms with Crippen molar-refractivity contribution in [2.45, 2.75) is 58.4 Å². The molecule has 1 amide bonds. The monoisotopic (exact) mass is 350 g/mol. The Morgan fingerprint density at radius 3 is 2.65 bits per heavy atom. The molecule has 26 heavy (non-hydrogen) atoms. The average molecular weight is 350 g/mol. The largest absolute Gasteiger partial charge is 0.353 e. The van der Waals surface area contributed by atoms with Gasteiger partial charge >= 0.3 is 0 Å². The number of hydrogen-bond acceptors (Lipinski definition) is 4. The highest BCUT2D eigenvalue weighted by atomic mass is 16.1. The van der Waals surface area contributed by atoms with Gasteiger partial charge < -0.3 is 5.32 Å². The standard InChI is InChI=1S/C21H26N4O/c1-13(2)8-19(26)25-17-10-14(3)9-16(11-17)18-5-4-15(12-22)20-21(18)24-7-6-23-20/h4-7,13-14,16-17H,8-11H2,1-3H3,(H,25,26). The first kappa shape index (κ1) is 18.3. The van der Waals surface area contributed by atoms with Crippen molar-refractivity contribution in [2.24, 2.45) is 11.8 Å². The van der Waals surface area contributed by atoms with Crippen LogP contribution in [0.15, 0.2) is 24.5 Å². The van der Waals surface area contributed by atoms with E-state index < -0.39 is 0 Å². The quantitative estimate of drug-likeness (QED) is 0.906. The molecule has 2 aromatic rings. The minimum Gasteiger partial charge on any atom is -0.353 e. The molecule has 1 fully saturated rings. The van der Waals surface area contributed by atoms with Crippen molar-refractivity contribution in [3.63, 3.8) is 0 Å². The molecule has 3 unspecified atom stereocenters. The van der Waals surface area contributed by atoms with E-state index in [2.05, 4.69) is 42.1 Å². The summed E-state index contributed by atoms with van der Waals surface area (Å²) in [6.07, 6.45) is 6.87. The van der Waals surface area contributed by atoms with Crippen LogP contribution in [-0.4, -0.2) is 21.9 Å². The van der Waals surface area contributed by atoms with Crippen LogP contribution < -0.4 is 5.32 Å². The predicted octanol–water partition coefficient (Wildman–Crippen LogP) is 3.94. The van der Waals surface area contributed by atoms with Gasteiger partial charge in [-0.25, -0.2) is 0 Å². The van der Waals surface area contributed by atoms with E-state index in [1.54, 1.807) is 12.4 Å². The number of benzene rings is 1. The first-order chi connectivity index (χ1) is 12.5. The van der Waals surface area contributed by atoms with Crippen molar-refractivity contribution in [3.05, 3.63) is 35.7 Å². The first-order valence-electron chi connectivity index (χ1n) is 9.41. The zero-order chi connectivity index (χ0) is 18.7. The van der Waals surface area contributed by atoms with Crippen molar-refractivity contribution < 1.29 is 4.79 Å². The third kappa shape index (κ3) is 4.01. The number of aromatic nitrogens is 2. The highest BCUT2D eigenvalue weighted by molar-refractivity contribution is 5.84. The molecule has 136 valence electrons. The second kappa shape index (κ2) is 7.82. The van der Waals surface area contributed by atoms with Crippen LogP contribution in [0, 0.1) is 23.2 Å². The van der Waals surface area contributed by atoms with Crippen molar-refractivity contribution in [2.75, 3.05) is 0 Å². The summed E-state index contributed by atoms with van der Waals surface area (Å²) < 4.78 is 0. The fourth-order valence-corrected chi connectivity index (χ4v) is 4.13. The van der Waals surface area contributed by atoms with Crippen LogP contribution in [0.25, 0.3) is 11.0 Å². The molecule has 0 saturated heterocycles. The Hall–Kier alpha value is -2.48. The molecule has 5 heteroatoms. The van der Waals surface area contributed by atoms with E-state index >= 15 is 0 Å². The summed E-state index contributed by atoms with van der Waals surface area (Å²) in [4.78, 5) is 21.1. The number of carbonyl (C=O) groups excluding carboxylic acids is 1. The summed E-state index contributed by atoms with van der Waals surface area (Å²) in [5.74, 6) is 1.35. The van der Waals surface area contributed by atoms with E-state index in [9.17, 15) is 10.1 Å². The van der Waals surface area contributed by atoms with E-state index in [1.165, 1.54) is 0 Å². The van der Waals surface area contributed by atoms with Crippen LogP contribution in [0.1, 0.15) is 63.5 Å². The Balaban J connectivity index is 1.86. The van der Waals surface area contributed by atoms with E-state index in [4.69, 9.17) is 0 Å². The Kier molecular flexibility index (Phi) is 5.51. The fourth-order valence-electron chi connectivity index (χ4n) is 4.13. The Morgan fingerprint density at radius 2 is 1.96 bits per heavy atom. The number of amides is 1. The van der Waals surface area contributed by atoms with Gasteiger partial charge in [0.25, 0.3) is 0 Å². The Morgan fingerprint density at radius 1 is 1.23 bits per heavy atom. The summed E-state index contributed by atoms with van der Waals surface area (Å²) in [5.41, 5.74) is 3.19. The number of fused-ring (bicyclic) bond motifs is 1. The van der Waals surface area contributed by atoms with Crippen LogP contribution in [0.4, 0.5) is 0 Å². The smallest absolute Gasteiger partial charge is 0.220 e. The van der Waals surface area contributed by atoms with Gasteiger partial charge in [0, 0.05) is 24.9 Å². The van der Waals surface area contributed by atoms with Gasteiger partial charge in [-0.1, -0.05) is 26.8 Å². The highest BCUT2D eigenvalue weighted by Gasteiger charge is 2.30. The van der Waals surface area contributed by atoms with Gasteiger partial charge in [0.15, 0.2) is 0 Å². The molecule has 1 heterocycles. The minimum absolute atomic E-state index is 0.141. The molecule has 5 nitrogen and oxygen atoms in total. The fraction of sp³-hybridized carbons (Fsp3) is 0.524. The molecule has 0 bridgehead atoms. The lowest BCUT2D eigenvalue weighted by molar-refractivity contribution is -0.122. The molecule has 0 spiro atoms. The summed E-state index contributed by atoms with van der Waals surface area (Å²) in [6, 6.07) is 6.26. The zero-order valence-electron chi connectivity index (χ0n) is 15.7. The zero-order valence-corrected chi connectivity index (χ0v) is 15.7. The molecule has 1 aliphatic rings. The molecule has 1 aromatic carbocycles. The number of nitrogens with zero attached hydrogens (tertiary/aromatic N) is 3. The molecule has 1 N–H and O–H groups in total. The van der Waals surface area contributed by atoms with Crippen molar-refractivity contribution in [3.8, 4) is 6.07 Å². The van der Waals surface area contributed by atoms with Crippen LogP contribution in [-0.2, 0) is 4.79 Å². The Bertz CT molecular complexity index is 840. The van der Waals surface area contributed by atoms with Crippen LogP contribution in [0.5, 0.6) is 0 Å². The Labute approximate surface area is 154 Å². The summed E-state index contributed by atoms with van der Waals surface area (Å²) in [7, 11) is 0. The van der Waals surface area contributed by atoms with Gasteiger partial charge in [0.1, 0.15) is 11.6 Å². The topological polar surface area (TPSA) is 78.7 Å². The maximum absolute atomic E-state index is 12.2. The number of rotatable bonds is 4. The van der Waals surface area contributed by atoms with Crippen molar-refractivity contribution in [1.82, 2.24) is 15.3 Å². The second-order valence-electron chi connectivity index (χ2n) is 7.94. The highest BCUT2D eigenvalue weighted by Crippen LogP contribution is 2.38. The van der Waals surface area contributed by atoms with Crippen LogP contribution >= 0.6 is 0 Å². The molecular weight excluding hydrogens is 324 g/mol. The second-order valence-corrected chi connectivity index (χ2v) is 7.94. The molecule has 0 radical (unpaired) electrons. The van der Waals surface area contributed by atoms with E-state index in [-0.39, 0.29) is 11.9 Å². The van der Waals surface area contributed by atoms with Gasteiger partial charge in [0.05, 0.1) is 11.1 Å². The van der Waals surface area contributed by atoms with Crippen LogP contribution in [0.2, 0.25) is 0 Å². The average Bonchev–Trinajstić information content (AvgIpc) is 2.59. The maximum Gasteiger partial charge on any atom is 0.220 e. The molecule has 3 rings (SSSR count). The van der Waals surface area contributed by atoms with Crippen LogP contribution in [0.3, 0.4) is 0 Å². The minimum atomic E-state index is 0.141. The predicted molar refractivity (Wildman–Crippen MR) is 101 cm³/mol. The number of carbonyl (C=O) groups is 1. The van der Waals surface area contributed by atoms with Gasteiger partial charge in [-0.2, -0.15) is 5.26 Å². The van der Waals surface area contributed by atoms with Gasteiger partial charge in [0.2, 0.25) is 5.91 Å². The lowest BCUT2D eigenvalue weighted by atomic mass is 9.75. The third-order valence-corrected chi connectivity index (χ3v) is 5.12. The lowest BCUT2D eigenvalue weighted by Gasteiger charge is -2.34. The molecular formula is C21H26N4O. The summed E-state index contributed by atoms with van der Waals surface area (Å²) in [5, 5.41) is 12.6. The van der Waals surface area contributed by atoms with Crippen molar-refractivity contribution in [1.29, 1.82) is 5.26 Å². The normalized spacial score (nSPS) is 23.0. The van der Waals surface area contributed by atoms with E-state index in [0.717, 1.165) is 30.3 Å². The molecule has 1 saturated carbocycles. The van der Waals surface area contributed by atoms with E-state index in [1.807, 2.05) is 12.1 Å². The van der Waals surface area contributed by atoms with Gasteiger partial charge in [-0.05, 0) is 48.6 Å². The van der Waals surface area contributed by atoms with Gasteiger partial charge in [-0.3, -0.25) is 14.8 Å². The molecule has 0 aliphatic heterocycles. The number of hydrogen-bond donors (Lipinski definition) is 1. The lowest BCUT2D eigenvalue weighted by Crippen LogP contribution is -2.40. The van der Waals surface area contributed by atoms with Crippen molar-refractivity contribution >= 4 is 16.9 Å². The van der Waals surface area contributed by atoms with E-state index in [0.29, 0.717) is 35.3 Å². The maximum atomic E-state index is 12.2. The third-order valence-electron chi connectivity index (χ3n) is 5.12. The number of nitrogens with one attached hydrogen (secondary N) is 1. The molecule has 1 aliphatic carbocycles. The SMILES string of the molecule is CC(C)CC(=O)NC1CC(C)CC(c2ccc(C#N)c3nccnc23)C1. The summed E-state index contributed by atoms with van der Waals surface area (Å²) >= 11 is 0. The first-order valence-corrected chi connectivity index (χ1v) is 9.41. The summed E-state index contributed by atoms with van der Waals surface area (Å²) in [6.45, 7) is 6.37. The van der Waals surface area contributed by atoms with Gasteiger partial charge in [-0.15, -0.1) is 0 Å². The molecule has 3 atom stereocenters. The number of nitriles is 1. The molecule has 1 aromatic heterocycles.